The Balaban J connectivity index is 1.66. The fraction of sp³-hybridized carbons (Fsp3) is 0.476. The van der Waals surface area contributed by atoms with Crippen LogP contribution in [0.3, 0.4) is 0 Å². The van der Waals surface area contributed by atoms with Crippen molar-refractivity contribution >= 4 is 5.91 Å². The summed E-state index contributed by atoms with van der Waals surface area (Å²) in [5.74, 6) is 1.73. The molecule has 1 saturated heterocycles. The number of carbonyl (C=O) groups is 1. The molecule has 5 nitrogen and oxygen atoms in total. The lowest BCUT2D eigenvalue weighted by Crippen LogP contribution is -2.55. The first-order valence-electron chi connectivity index (χ1n) is 9.31. The van der Waals surface area contributed by atoms with Gasteiger partial charge in [-0.3, -0.25) is 9.69 Å². The molecule has 2 aromatic rings. The maximum atomic E-state index is 12.8. The van der Waals surface area contributed by atoms with Crippen molar-refractivity contribution in [1.82, 2.24) is 9.80 Å². The molecule has 0 radical (unpaired) electrons. The lowest BCUT2D eigenvalue weighted by Gasteiger charge is -2.45. The summed E-state index contributed by atoms with van der Waals surface area (Å²) in [5, 5.41) is 0. The van der Waals surface area contributed by atoms with Crippen molar-refractivity contribution in [3.63, 3.8) is 0 Å². The number of piperidine rings is 1. The van der Waals surface area contributed by atoms with Crippen LogP contribution >= 0.6 is 0 Å². The zero-order valence-electron chi connectivity index (χ0n) is 15.9. The van der Waals surface area contributed by atoms with Gasteiger partial charge in [0.25, 0.3) is 5.91 Å². The molecule has 2 atom stereocenters. The maximum Gasteiger partial charge on any atom is 0.289 e. The van der Waals surface area contributed by atoms with Gasteiger partial charge in [-0.15, -0.1) is 0 Å². The van der Waals surface area contributed by atoms with Crippen molar-refractivity contribution < 1.29 is 9.21 Å². The first-order chi connectivity index (χ1) is 12.5. The predicted molar refractivity (Wildman–Crippen MR) is 103 cm³/mol. The van der Waals surface area contributed by atoms with Crippen LogP contribution in [0.25, 0.3) is 0 Å². The highest BCUT2D eigenvalue weighted by Gasteiger charge is 2.37. The summed E-state index contributed by atoms with van der Waals surface area (Å²) in [6, 6.07) is 14.2. The molecular weight excluding hydrogens is 326 g/mol. The molecule has 3 rings (SSSR count). The first kappa shape index (κ1) is 18.7. The van der Waals surface area contributed by atoms with Crippen LogP contribution in [0.4, 0.5) is 0 Å². The minimum Gasteiger partial charge on any atom is -0.455 e. The zero-order chi connectivity index (χ0) is 18.7. The summed E-state index contributed by atoms with van der Waals surface area (Å²) in [6.45, 7) is 7.69. The summed E-state index contributed by atoms with van der Waals surface area (Å²) >= 11 is 0. The van der Waals surface area contributed by atoms with E-state index in [4.69, 9.17) is 10.2 Å². The molecule has 1 aliphatic rings. The van der Waals surface area contributed by atoms with Gasteiger partial charge in [0.2, 0.25) is 0 Å². The second kappa shape index (κ2) is 8.06. The third-order valence-electron chi connectivity index (χ3n) is 5.35. The number of amides is 1. The van der Waals surface area contributed by atoms with Crippen molar-refractivity contribution in [3.05, 3.63) is 59.5 Å². The van der Waals surface area contributed by atoms with Gasteiger partial charge in [-0.2, -0.15) is 0 Å². The molecule has 0 bridgehead atoms. The van der Waals surface area contributed by atoms with Gasteiger partial charge >= 0.3 is 0 Å². The van der Waals surface area contributed by atoms with Crippen molar-refractivity contribution in [3.8, 4) is 0 Å². The predicted octanol–water partition coefficient (Wildman–Crippen LogP) is 2.97. The second-order valence-electron chi connectivity index (χ2n) is 7.51. The lowest BCUT2D eigenvalue weighted by atomic mass is 9.84. The Bertz CT molecular complexity index is 716. The van der Waals surface area contributed by atoms with E-state index in [2.05, 4.69) is 43.0 Å². The number of benzene rings is 1. The molecule has 5 heteroatoms. The molecular formula is C21H29N3O2. The minimum atomic E-state index is -0.0649. The van der Waals surface area contributed by atoms with Crippen molar-refractivity contribution in [2.24, 2.45) is 17.6 Å². The Hall–Kier alpha value is -2.11. The average molecular weight is 355 g/mol. The molecule has 0 aliphatic carbocycles. The van der Waals surface area contributed by atoms with Gasteiger partial charge in [0.05, 0.1) is 6.54 Å². The van der Waals surface area contributed by atoms with Crippen LogP contribution in [0, 0.1) is 11.8 Å². The van der Waals surface area contributed by atoms with Crippen LogP contribution in [-0.4, -0.2) is 41.9 Å². The Morgan fingerprint density at radius 3 is 2.38 bits per heavy atom. The molecule has 1 fully saturated rings. The Morgan fingerprint density at radius 2 is 1.81 bits per heavy atom. The lowest BCUT2D eigenvalue weighted by molar-refractivity contribution is 0.0251. The highest BCUT2D eigenvalue weighted by molar-refractivity contribution is 5.91. The third-order valence-corrected chi connectivity index (χ3v) is 5.35. The number of hydrogen-bond donors (Lipinski definition) is 1. The molecule has 1 aromatic carbocycles. The normalized spacial score (nSPS) is 21.7. The van der Waals surface area contributed by atoms with E-state index in [1.807, 2.05) is 18.0 Å². The van der Waals surface area contributed by atoms with Gasteiger partial charge in [-0.25, -0.2) is 0 Å². The Labute approximate surface area is 155 Å². The number of nitrogens with two attached hydrogens (primary N) is 1. The number of nitrogens with zero attached hydrogens (tertiary/aromatic N) is 2. The van der Waals surface area contributed by atoms with Gasteiger partial charge in [0.15, 0.2) is 5.76 Å². The molecule has 2 heterocycles. The van der Waals surface area contributed by atoms with Gasteiger partial charge < -0.3 is 15.1 Å². The maximum absolute atomic E-state index is 12.8. The van der Waals surface area contributed by atoms with E-state index in [9.17, 15) is 4.79 Å². The van der Waals surface area contributed by atoms with E-state index in [1.54, 1.807) is 12.1 Å². The van der Waals surface area contributed by atoms with Crippen LogP contribution in [0.15, 0.2) is 46.9 Å². The first-order valence-corrected chi connectivity index (χ1v) is 9.31. The summed E-state index contributed by atoms with van der Waals surface area (Å²) in [5.41, 5.74) is 6.91. The number of carbonyl (C=O) groups excluding carboxylic acids is 1. The number of likely N-dealkylation sites (tertiary alicyclic amines) is 1. The zero-order valence-corrected chi connectivity index (χ0v) is 15.9. The van der Waals surface area contributed by atoms with Gasteiger partial charge in [-0.1, -0.05) is 44.2 Å². The van der Waals surface area contributed by atoms with E-state index in [0.717, 1.165) is 19.6 Å². The second-order valence-corrected chi connectivity index (χ2v) is 7.51. The fourth-order valence-electron chi connectivity index (χ4n) is 4.31. The van der Waals surface area contributed by atoms with Crippen LogP contribution in [0.2, 0.25) is 0 Å². The number of rotatable bonds is 5. The van der Waals surface area contributed by atoms with Gasteiger partial charge in [-0.05, 0) is 29.5 Å². The summed E-state index contributed by atoms with van der Waals surface area (Å²) in [7, 11) is 1.89. The molecule has 0 spiro atoms. The van der Waals surface area contributed by atoms with Crippen LogP contribution in [0.1, 0.15) is 35.7 Å². The summed E-state index contributed by atoms with van der Waals surface area (Å²) in [4.78, 5) is 17.2. The van der Waals surface area contributed by atoms with Crippen LogP contribution in [0.5, 0.6) is 0 Å². The average Bonchev–Trinajstić information content (AvgIpc) is 3.10. The number of hydrogen-bond acceptors (Lipinski definition) is 4. The molecule has 1 amide bonds. The molecule has 26 heavy (non-hydrogen) atoms. The smallest absolute Gasteiger partial charge is 0.289 e. The molecule has 0 saturated carbocycles. The van der Waals surface area contributed by atoms with Crippen LogP contribution in [-0.2, 0) is 13.1 Å². The highest BCUT2D eigenvalue weighted by Crippen LogP contribution is 2.28. The summed E-state index contributed by atoms with van der Waals surface area (Å²) in [6.07, 6.45) is 0. The quantitative estimate of drug-likeness (QED) is 0.896. The monoisotopic (exact) mass is 355 g/mol. The van der Waals surface area contributed by atoms with E-state index >= 15 is 0 Å². The molecule has 1 aromatic heterocycles. The Kier molecular flexibility index (Phi) is 5.79. The Morgan fingerprint density at radius 1 is 1.15 bits per heavy atom. The number of furan rings is 1. The van der Waals surface area contributed by atoms with E-state index in [-0.39, 0.29) is 11.9 Å². The van der Waals surface area contributed by atoms with Crippen molar-refractivity contribution in [2.45, 2.75) is 33.0 Å². The molecule has 1 aliphatic heterocycles. The fourth-order valence-corrected chi connectivity index (χ4v) is 4.31. The minimum absolute atomic E-state index is 0.0649. The summed E-state index contributed by atoms with van der Waals surface area (Å²) < 4.78 is 5.55. The molecule has 140 valence electrons. The standard InChI is InChI=1S/C21H29N3O2/c1-15-12-24(14-17-7-5-4-6-8-17)13-16(2)20(15)23(3)21(25)19-10-9-18(11-22)26-19/h4-10,15-16,20H,11-14,22H2,1-3H3/t15-,16-/m0/s1. The van der Waals surface area contributed by atoms with Crippen molar-refractivity contribution in [2.75, 3.05) is 20.1 Å². The van der Waals surface area contributed by atoms with Crippen molar-refractivity contribution in [1.29, 1.82) is 0 Å². The van der Waals surface area contributed by atoms with Gasteiger partial charge in [0, 0.05) is 32.7 Å². The topological polar surface area (TPSA) is 62.7 Å². The SMILES string of the molecule is C[C@H]1CN(Cc2ccccc2)C[C@H](C)C1N(C)C(=O)c1ccc(CN)o1. The van der Waals surface area contributed by atoms with E-state index < -0.39 is 0 Å². The van der Waals surface area contributed by atoms with E-state index in [1.165, 1.54) is 5.56 Å². The van der Waals surface area contributed by atoms with Gasteiger partial charge in [0.1, 0.15) is 5.76 Å². The van der Waals surface area contributed by atoms with Crippen LogP contribution < -0.4 is 5.73 Å². The largest absolute Gasteiger partial charge is 0.455 e. The highest BCUT2D eigenvalue weighted by atomic mass is 16.4. The molecule has 2 N–H and O–H groups in total. The third kappa shape index (κ3) is 4.00. The molecule has 0 unspecified atom stereocenters. The van der Waals surface area contributed by atoms with E-state index in [0.29, 0.717) is 29.9 Å².